The number of hydrogen-bond donors (Lipinski definition) is 1. The zero-order valence-electron chi connectivity index (χ0n) is 17.8. The topological polar surface area (TPSA) is 65.5 Å². The van der Waals surface area contributed by atoms with Gasteiger partial charge in [0, 0.05) is 31.0 Å². The maximum Gasteiger partial charge on any atom is 0.260 e. The Kier molecular flexibility index (Phi) is 6.13. The summed E-state index contributed by atoms with van der Waals surface area (Å²) in [6, 6.07) is 11.6. The van der Waals surface area contributed by atoms with E-state index < -0.39 is 0 Å². The largest absolute Gasteiger partial charge is 0.355 e. The summed E-state index contributed by atoms with van der Waals surface area (Å²) in [5.74, 6) is -0.141. The van der Waals surface area contributed by atoms with Gasteiger partial charge in [-0.2, -0.15) is 0 Å². The van der Waals surface area contributed by atoms with Gasteiger partial charge in [0.05, 0.1) is 23.7 Å². The Morgan fingerprint density at radius 2 is 2.10 bits per heavy atom. The van der Waals surface area contributed by atoms with E-state index >= 15 is 0 Å². The second-order valence-electron chi connectivity index (χ2n) is 8.40. The maximum atomic E-state index is 13.1. The Bertz CT molecular complexity index is 929. The molecule has 0 spiro atoms. The molecule has 0 saturated carbocycles. The molecule has 6 nitrogen and oxygen atoms in total. The minimum absolute atomic E-state index is 0.0476. The molecule has 1 fully saturated rings. The molecule has 1 aromatic heterocycles. The maximum absolute atomic E-state index is 13.1. The number of pyridine rings is 1. The van der Waals surface area contributed by atoms with Crippen molar-refractivity contribution in [1.82, 2.24) is 15.2 Å². The van der Waals surface area contributed by atoms with Crippen LogP contribution in [0.3, 0.4) is 0 Å². The van der Waals surface area contributed by atoms with Gasteiger partial charge in [-0.25, -0.2) is 0 Å². The van der Waals surface area contributed by atoms with Crippen molar-refractivity contribution in [3.05, 3.63) is 59.4 Å². The molecule has 1 aromatic carbocycles. The predicted octanol–water partition coefficient (Wildman–Crippen LogP) is 3.47. The van der Waals surface area contributed by atoms with Crippen LogP contribution in [-0.4, -0.2) is 47.4 Å². The Morgan fingerprint density at radius 3 is 2.90 bits per heavy atom. The number of piperidine rings is 1. The highest BCUT2D eigenvalue weighted by Crippen LogP contribution is 2.38. The van der Waals surface area contributed by atoms with Crippen LogP contribution in [0.15, 0.2) is 42.6 Å². The average molecular weight is 407 g/mol. The fourth-order valence-corrected chi connectivity index (χ4v) is 4.60. The highest BCUT2D eigenvalue weighted by atomic mass is 16.2. The molecule has 0 bridgehead atoms. The van der Waals surface area contributed by atoms with Gasteiger partial charge in [-0.1, -0.05) is 18.6 Å². The number of amides is 2. The molecule has 6 heteroatoms. The molecular weight excluding hydrogens is 376 g/mol. The summed E-state index contributed by atoms with van der Waals surface area (Å²) in [5, 5.41) is 3.06. The second-order valence-corrected chi connectivity index (χ2v) is 8.40. The van der Waals surface area contributed by atoms with Crippen molar-refractivity contribution >= 4 is 17.5 Å². The number of rotatable bonds is 6. The summed E-state index contributed by atoms with van der Waals surface area (Å²) in [6.45, 7) is 6.86. The summed E-state index contributed by atoms with van der Waals surface area (Å²) >= 11 is 0. The molecular formula is C24H30N4O2. The van der Waals surface area contributed by atoms with Crippen LogP contribution in [0, 0.1) is 6.92 Å². The fraction of sp³-hybridized carbons (Fsp3) is 0.458. The zero-order chi connectivity index (χ0) is 21.1. The molecule has 0 radical (unpaired) electrons. The van der Waals surface area contributed by atoms with Crippen molar-refractivity contribution in [3.8, 4) is 0 Å². The lowest BCUT2D eigenvalue weighted by Gasteiger charge is -2.33. The van der Waals surface area contributed by atoms with E-state index in [0.717, 1.165) is 24.3 Å². The third kappa shape index (κ3) is 4.24. The molecule has 1 saturated heterocycles. The predicted molar refractivity (Wildman–Crippen MR) is 117 cm³/mol. The molecule has 2 atom stereocenters. The number of carbonyl (C=O) groups is 2. The molecule has 2 amide bonds. The first kappa shape index (κ1) is 20.5. The Hall–Kier alpha value is -2.73. The van der Waals surface area contributed by atoms with Crippen LogP contribution in [0.25, 0.3) is 0 Å². The summed E-state index contributed by atoms with van der Waals surface area (Å²) < 4.78 is 0. The van der Waals surface area contributed by atoms with Crippen LogP contribution < -0.4 is 10.2 Å². The molecule has 1 N–H and O–H groups in total. The highest BCUT2D eigenvalue weighted by molar-refractivity contribution is 6.11. The number of likely N-dealkylation sites (tertiary alicyclic amines) is 1. The lowest BCUT2D eigenvalue weighted by atomic mass is 10.0. The fourth-order valence-electron chi connectivity index (χ4n) is 4.60. The number of aromatic nitrogens is 1. The Morgan fingerprint density at radius 1 is 1.23 bits per heavy atom. The number of aryl methyl sites for hydroxylation is 1. The third-order valence-electron chi connectivity index (χ3n) is 6.24. The first-order valence-electron chi connectivity index (χ1n) is 10.9. The number of hydrogen-bond acceptors (Lipinski definition) is 4. The van der Waals surface area contributed by atoms with Crippen molar-refractivity contribution in [3.63, 3.8) is 0 Å². The van der Waals surface area contributed by atoms with Crippen LogP contribution in [-0.2, 0) is 4.79 Å². The van der Waals surface area contributed by atoms with Crippen molar-refractivity contribution in [2.75, 3.05) is 24.5 Å². The molecule has 3 heterocycles. The van der Waals surface area contributed by atoms with Gasteiger partial charge in [-0.05, 0) is 63.1 Å². The molecule has 158 valence electrons. The number of anilines is 1. The van der Waals surface area contributed by atoms with E-state index in [-0.39, 0.29) is 24.3 Å². The third-order valence-corrected chi connectivity index (χ3v) is 6.24. The van der Waals surface area contributed by atoms with Gasteiger partial charge in [0.2, 0.25) is 5.91 Å². The summed E-state index contributed by atoms with van der Waals surface area (Å²) in [6.07, 6.45) is 5.65. The lowest BCUT2D eigenvalue weighted by Crippen LogP contribution is -2.43. The van der Waals surface area contributed by atoms with E-state index in [9.17, 15) is 9.59 Å². The van der Waals surface area contributed by atoms with E-state index in [1.807, 2.05) is 31.2 Å². The molecule has 2 aromatic rings. The molecule has 0 aliphatic carbocycles. The van der Waals surface area contributed by atoms with Crippen molar-refractivity contribution in [2.24, 2.45) is 0 Å². The van der Waals surface area contributed by atoms with Gasteiger partial charge < -0.3 is 5.32 Å². The second kappa shape index (κ2) is 8.96. The van der Waals surface area contributed by atoms with Gasteiger partial charge in [-0.3, -0.25) is 24.4 Å². The van der Waals surface area contributed by atoms with Crippen LogP contribution in [0.2, 0.25) is 0 Å². The highest BCUT2D eigenvalue weighted by Gasteiger charge is 2.39. The number of nitrogens with one attached hydrogen (secondary N) is 1. The van der Waals surface area contributed by atoms with Gasteiger partial charge in [0.25, 0.3) is 5.91 Å². The summed E-state index contributed by atoms with van der Waals surface area (Å²) in [5.41, 5.74) is 3.14. The van der Waals surface area contributed by atoms with E-state index in [0.29, 0.717) is 23.8 Å². The van der Waals surface area contributed by atoms with Gasteiger partial charge in [0.1, 0.15) is 0 Å². The lowest BCUT2D eigenvalue weighted by molar-refractivity contribution is -0.121. The Labute approximate surface area is 178 Å². The number of fused-ring (bicyclic) bond motifs is 1. The van der Waals surface area contributed by atoms with Crippen LogP contribution in [0.5, 0.6) is 0 Å². The van der Waals surface area contributed by atoms with Crippen molar-refractivity contribution in [2.45, 2.75) is 51.6 Å². The first-order valence-corrected chi connectivity index (χ1v) is 10.9. The van der Waals surface area contributed by atoms with Gasteiger partial charge in [0.15, 0.2) is 0 Å². The number of carbonyl (C=O) groups excluding carboxylic acids is 2. The SMILES string of the molecule is Cc1cccc(N2C(=O)c3cccnc3[C@@H]2CC(=O)NCCN2CCCC[C@H]2C)c1. The monoisotopic (exact) mass is 406 g/mol. The quantitative estimate of drug-likeness (QED) is 0.798. The van der Waals surface area contributed by atoms with Gasteiger partial charge >= 0.3 is 0 Å². The number of benzene rings is 1. The van der Waals surface area contributed by atoms with Crippen LogP contribution in [0.1, 0.15) is 60.3 Å². The molecule has 4 rings (SSSR count). The van der Waals surface area contributed by atoms with Crippen molar-refractivity contribution in [1.29, 1.82) is 0 Å². The molecule has 0 unspecified atom stereocenters. The van der Waals surface area contributed by atoms with Crippen LogP contribution in [0.4, 0.5) is 5.69 Å². The minimum Gasteiger partial charge on any atom is -0.355 e. The Balaban J connectivity index is 1.46. The summed E-state index contributed by atoms with van der Waals surface area (Å²) in [7, 11) is 0. The summed E-state index contributed by atoms with van der Waals surface area (Å²) in [4.78, 5) is 34.5. The van der Waals surface area contributed by atoms with Gasteiger partial charge in [-0.15, -0.1) is 0 Å². The van der Waals surface area contributed by atoms with E-state index in [1.54, 1.807) is 23.2 Å². The zero-order valence-corrected chi connectivity index (χ0v) is 17.8. The van der Waals surface area contributed by atoms with E-state index in [2.05, 4.69) is 22.1 Å². The average Bonchev–Trinajstić information content (AvgIpc) is 3.01. The standard InChI is InChI=1S/C24H30N4O2/c1-17-7-5-9-19(15-17)28-21(23-20(24(28)30)10-6-11-26-23)16-22(29)25-12-14-27-13-4-3-8-18(27)2/h5-7,9-11,15,18,21H,3-4,8,12-14,16H2,1-2H3,(H,25,29)/t18-,21+/m1/s1. The molecule has 2 aliphatic rings. The number of nitrogens with zero attached hydrogens (tertiary/aromatic N) is 3. The minimum atomic E-state index is -0.385. The van der Waals surface area contributed by atoms with E-state index in [1.165, 1.54) is 19.3 Å². The molecule has 2 aliphatic heterocycles. The van der Waals surface area contributed by atoms with Crippen LogP contribution >= 0.6 is 0 Å². The van der Waals surface area contributed by atoms with E-state index in [4.69, 9.17) is 0 Å². The van der Waals surface area contributed by atoms with Crippen molar-refractivity contribution < 1.29 is 9.59 Å². The normalized spacial score (nSPS) is 21.5. The smallest absolute Gasteiger partial charge is 0.260 e. The molecule has 30 heavy (non-hydrogen) atoms. The first-order chi connectivity index (χ1) is 14.5.